The molecular weight excluding hydrogens is 370 g/mol. The summed E-state index contributed by atoms with van der Waals surface area (Å²) in [5.74, 6) is -1.45. The van der Waals surface area contributed by atoms with E-state index in [-0.39, 0.29) is 40.2 Å². The molecule has 28 heavy (non-hydrogen) atoms. The molecule has 0 unspecified atom stereocenters. The van der Waals surface area contributed by atoms with Crippen LogP contribution in [0.5, 0.6) is 0 Å². The van der Waals surface area contributed by atoms with E-state index < -0.39 is 16.9 Å². The van der Waals surface area contributed by atoms with E-state index in [4.69, 9.17) is 0 Å². The summed E-state index contributed by atoms with van der Waals surface area (Å²) in [7, 11) is 2.39. The molecule has 2 aromatic rings. The van der Waals surface area contributed by atoms with Gasteiger partial charge in [-0.05, 0) is 32.0 Å². The molecule has 148 valence electrons. The first-order chi connectivity index (χ1) is 13.3. The molecule has 0 atom stereocenters. The number of esters is 2. The summed E-state index contributed by atoms with van der Waals surface area (Å²) in [5, 5.41) is 17.2. The van der Waals surface area contributed by atoms with E-state index in [9.17, 15) is 19.7 Å². The lowest BCUT2D eigenvalue weighted by Crippen LogP contribution is -2.14. The summed E-state index contributed by atoms with van der Waals surface area (Å²) in [6.45, 7) is 3.61. The highest BCUT2D eigenvalue weighted by Crippen LogP contribution is 2.32. The van der Waals surface area contributed by atoms with Gasteiger partial charge in [-0.2, -0.15) is 0 Å². The SMILES string of the molecule is COC(=O)c1cc(Nc2ncnc(NC(C)C)c2[N+](=O)[O-])cc(C(=O)OC)c1. The molecule has 0 aliphatic rings. The number of methoxy groups -OCH3 is 2. The first-order valence-corrected chi connectivity index (χ1v) is 8.11. The van der Waals surface area contributed by atoms with Gasteiger partial charge < -0.3 is 20.1 Å². The van der Waals surface area contributed by atoms with Gasteiger partial charge in [0.05, 0.1) is 30.3 Å². The molecule has 0 bridgehead atoms. The van der Waals surface area contributed by atoms with E-state index in [1.807, 2.05) is 0 Å². The zero-order chi connectivity index (χ0) is 20.8. The number of nitrogens with one attached hydrogen (secondary N) is 2. The zero-order valence-corrected chi connectivity index (χ0v) is 15.7. The quantitative estimate of drug-likeness (QED) is 0.411. The fourth-order valence-corrected chi connectivity index (χ4v) is 2.33. The molecule has 0 spiro atoms. The molecule has 0 amide bonds. The van der Waals surface area contributed by atoms with Crippen LogP contribution < -0.4 is 10.6 Å². The lowest BCUT2D eigenvalue weighted by Gasteiger charge is -2.13. The predicted octanol–water partition coefficient (Wildman–Crippen LogP) is 2.52. The van der Waals surface area contributed by atoms with Crippen LogP contribution >= 0.6 is 0 Å². The van der Waals surface area contributed by atoms with Gasteiger partial charge in [0.25, 0.3) is 0 Å². The number of benzene rings is 1. The molecule has 0 saturated heterocycles. The molecule has 0 fully saturated rings. The zero-order valence-electron chi connectivity index (χ0n) is 15.7. The van der Waals surface area contributed by atoms with Gasteiger partial charge in [0.15, 0.2) is 0 Å². The number of hydrogen-bond donors (Lipinski definition) is 2. The Kier molecular flexibility index (Phi) is 6.42. The maximum Gasteiger partial charge on any atom is 0.353 e. The maximum atomic E-state index is 11.9. The molecule has 1 aromatic carbocycles. The van der Waals surface area contributed by atoms with Crippen LogP contribution in [0.3, 0.4) is 0 Å². The van der Waals surface area contributed by atoms with Crippen LogP contribution in [0, 0.1) is 10.1 Å². The molecular formula is C17H19N5O6. The minimum absolute atomic E-state index is 0.0369. The van der Waals surface area contributed by atoms with Crippen LogP contribution in [-0.4, -0.2) is 47.1 Å². The Morgan fingerprint density at radius 1 is 1.04 bits per heavy atom. The summed E-state index contributed by atoms with van der Waals surface area (Å²) < 4.78 is 9.34. The Hall–Kier alpha value is -3.76. The third kappa shape index (κ3) is 4.69. The Bertz CT molecular complexity index is 881. The second-order valence-corrected chi connectivity index (χ2v) is 5.88. The average molecular weight is 389 g/mol. The van der Waals surface area contributed by atoms with Gasteiger partial charge in [-0.25, -0.2) is 19.6 Å². The lowest BCUT2D eigenvalue weighted by molar-refractivity contribution is -0.383. The van der Waals surface area contributed by atoms with Crippen molar-refractivity contribution in [2.75, 3.05) is 24.9 Å². The number of ether oxygens (including phenoxy) is 2. The smallest absolute Gasteiger partial charge is 0.353 e. The first-order valence-electron chi connectivity index (χ1n) is 8.11. The number of anilines is 3. The van der Waals surface area contributed by atoms with Crippen molar-refractivity contribution < 1.29 is 24.0 Å². The van der Waals surface area contributed by atoms with Crippen molar-refractivity contribution in [1.82, 2.24) is 9.97 Å². The van der Waals surface area contributed by atoms with E-state index in [0.29, 0.717) is 0 Å². The minimum Gasteiger partial charge on any atom is -0.465 e. The van der Waals surface area contributed by atoms with Crippen LogP contribution in [0.25, 0.3) is 0 Å². The van der Waals surface area contributed by atoms with Gasteiger partial charge in [0.1, 0.15) is 6.33 Å². The van der Waals surface area contributed by atoms with Crippen molar-refractivity contribution in [2.45, 2.75) is 19.9 Å². The van der Waals surface area contributed by atoms with Gasteiger partial charge >= 0.3 is 17.6 Å². The van der Waals surface area contributed by atoms with Gasteiger partial charge in [-0.3, -0.25) is 10.1 Å². The summed E-state index contributed by atoms with van der Waals surface area (Å²) in [6.07, 6.45) is 1.16. The summed E-state index contributed by atoms with van der Waals surface area (Å²) in [4.78, 5) is 42.5. The molecule has 0 aliphatic carbocycles. The maximum absolute atomic E-state index is 11.9. The summed E-state index contributed by atoms with van der Waals surface area (Å²) in [6, 6.07) is 3.94. The van der Waals surface area contributed by atoms with Crippen LogP contribution in [0.2, 0.25) is 0 Å². The normalized spacial score (nSPS) is 10.3. The number of nitro groups is 1. The van der Waals surface area contributed by atoms with Crippen molar-refractivity contribution in [3.63, 3.8) is 0 Å². The van der Waals surface area contributed by atoms with E-state index in [0.717, 1.165) is 6.33 Å². The summed E-state index contributed by atoms with van der Waals surface area (Å²) in [5.41, 5.74) is -0.0461. The average Bonchev–Trinajstić information content (AvgIpc) is 2.65. The molecule has 11 nitrogen and oxygen atoms in total. The van der Waals surface area contributed by atoms with Crippen LogP contribution in [0.1, 0.15) is 34.6 Å². The number of aromatic nitrogens is 2. The standard InChI is InChI=1S/C17H19N5O6/c1-9(2)20-14-13(22(25)26)15(19-8-18-14)21-12-6-10(16(23)27-3)5-11(7-12)17(24)28-4/h5-9H,1-4H3,(H2,18,19,20,21). The van der Waals surface area contributed by atoms with Crippen molar-refractivity contribution in [3.05, 3.63) is 45.8 Å². The van der Waals surface area contributed by atoms with E-state index >= 15 is 0 Å². The van der Waals surface area contributed by atoms with Crippen molar-refractivity contribution in [1.29, 1.82) is 0 Å². The van der Waals surface area contributed by atoms with E-state index in [1.54, 1.807) is 13.8 Å². The molecule has 11 heteroatoms. The van der Waals surface area contributed by atoms with Crippen molar-refractivity contribution in [3.8, 4) is 0 Å². The van der Waals surface area contributed by atoms with Gasteiger partial charge in [-0.15, -0.1) is 0 Å². The third-order valence-corrected chi connectivity index (χ3v) is 3.47. The number of carbonyl (C=O) groups excluding carboxylic acids is 2. The van der Waals surface area contributed by atoms with Crippen LogP contribution in [0.15, 0.2) is 24.5 Å². The molecule has 0 saturated carbocycles. The number of carbonyl (C=O) groups is 2. The number of rotatable bonds is 7. The highest BCUT2D eigenvalue weighted by molar-refractivity contribution is 5.97. The largest absolute Gasteiger partial charge is 0.465 e. The van der Waals surface area contributed by atoms with Crippen LogP contribution in [0.4, 0.5) is 23.0 Å². The van der Waals surface area contributed by atoms with Crippen LogP contribution in [-0.2, 0) is 9.47 Å². The first kappa shape index (κ1) is 20.6. The Morgan fingerprint density at radius 2 is 1.57 bits per heavy atom. The van der Waals surface area contributed by atoms with Gasteiger partial charge in [-0.1, -0.05) is 0 Å². The highest BCUT2D eigenvalue weighted by Gasteiger charge is 2.24. The highest BCUT2D eigenvalue weighted by atomic mass is 16.6. The minimum atomic E-state index is -0.687. The third-order valence-electron chi connectivity index (χ3n) is 3.47. The molecule has 0 radical (unpaired) electrons. The second kappa shape index (κ2) is 8.75. The summed E-state index contributed by atoms with van der Waals surface area (Å²) >= 11 is 0. The topological polar surface area (TPSA) is 146 Å². The fraction of sp³-hybridized carbons (Fsp3) is 0.294. The van der Waals surface area contributed by atoms with Gasteiger partial charge in [0, 0.05) is 11.7 Å². The fourth-order valence-electron chi connectivity index (χ4n) is 2.33. The Balaban J connectivity index is 2.54. The molecule has 2 N–H and O–H groups in total. The van der Waals surface area contributed by atoms with Gasteiger partial charge in [0.2, 0.25) is 11.6 Å². The van der Waals surface area contributed by atoms with E-state index in [1.165, 1.54) is 32.4 Å². The Labute approximate surface area is 160 Å². The molecule has 1 heterocycles. The lowest BCUT2D eigenvalue weighted by atomic mass is 10.1. The number of nitrogens with zero attached hydrogens (tertiary/aromatic N) is 3. The van der Waals surface area contributed by atoms with Crippen molar-refractivity contribution in [2.24, 2.45) is 0 Å². The number of hydrogen-bond acceptors (Lipinski definition) is 10. The second-order valence-electron chi connectivity index (χ2n) is 5.88. The molecule has 1 aromatic heterocycles. The molecule has 0 aliphatic heterocycles. The van der Waals surface area contributed by atoms with Crippen molar-refractivity contribution >= 4 is 34.9 Å². The Morgan fingerprint density at radius 3 is 2.04 bits per heavy atom. The molecule has 2 rings (SSSR count). The monoisotopic (exact) mass is 389 g/mol. The van der Waals surface area contributed by atoms with E-state index in [2.05, 4.69) is 30.1 Å². The predicted molar refractivity (Wildman–Crippen MR) is 99.8 cm³/mol.